The standard InChI is InChI=1S/C14H16N4O2/c19-14(11-6-4-5-7-11)20-10-13-15-16-17-18(13)12-8-2-1-3-9-12/h1-3,8-9,11H,4-7,10H2. The summed E-state index contributed by atoms with van der Waals surface area (Å²) in [7, 11) is 0. The number of ether oxygens (including phenoxy) is 1. The number of nitrogens with zero attached hydrogens (tertiary/aromatic N) is 4. The summed E-state index contributed by atoms with van der Waals surface area (Å²) in [5.74, 6) is 0.448. The maximum Gasteiger partial charge on any atom is 0.309 e. The van der Waals surface area contributed by atoms with Crippen molar-refractivity contribution in [3.05, 3.63) is 36.2 Å². The molecule has 0 N–H and O–H groups in total. The minimum Gasteiger partial charge on any atom is -0.457 e. The maximum atomic E-state index is 11.9. The van der Waals surface area contributed by atoms with Crippen LogP contribution in [-0.2, 0) is 16.1 Å². The van der Waals surface area contributed by atoms with Gasteiger partial charge in [0, 0.05) is 0 Å². The average Bonchev–Trinajstić information content (AvgIpc) is 3.17. The predicted octanol–water partition coefficient (Wildman–Crippen LogP) is 1.90. The van der Waals surface area contributed by atoms with Crippen LogP contribution in [0.15, 0.2) is 30.3 Å². The van der Waals surface area contributed by atoms with Crippen LogP contribution in [0.1, 0.15) is 31.5 Å². The van der Waals surface area contributed by atoms with Crippen molar-refractivity contribution in [2.75, 3.05) is 0 Å². The summed E-state index contributed by atoms with van der Waals surface area (Å²) in [6, 6.07) is 9.54. The van der Waals surface area contributed by atoms with Crippen molar-refractivity contribution in [3.63, 3.8) is 0 Å². The van der Waals surface area contributed by atoms with Gasteiger partial charge in [-0.1, -0.05) is 31.0 Å². The van der Waals surface area contributed by atoms with Crippen molar-refractivity contribution >= 4 is 5.97 Å². The van der Waals surface area contributed by atoms with Gasteiger partial charge in [0.25, 0.3) is 0 Å². The molecule has 104 valence electrons. The molecule has 6 heteroatoms. The molecule has 0 aliphatic heterocycles. The molecule has 0 amide bonds. The molecule has 1 aliphatic carbocycles. The Hall–Kier alpha value is -2.24. The lowest BCUT2D eigenvalue weighted by Gasteiger charge is -2.09. The fourth-order valence-corrected chi connectivity index (χ4v) is 2.48. The average molecular weight is 272 g/mol. The third-order valence-electron chi connectivity index (χ3n) is 3.57. The third-order valence-corrected chi connectivity index (χ3v) is 3.57. The smallest absolute Gasteiger partial charge is 0.309 e. The molecule has 0 unspecified atom stereocenters. The molecule has 0 saturated heterocycles. The summed E-state index contributed by atoms with van der Waals surface area (Å²) >= 11 is 0. The first-order chi connectivity index (χ1) is 9.84. The lowest BCUT2D eigenvalue weighted by atomic mass is 10.1. The van der Waals surface area contributed by atoms with Gasteiger partial charge in [-0.15, -0.1) is 5.10 Å². The van der Waals surface area contributed by atoms with Crippen LogP contribution in [0.3, 0.4) is 0 Å². The molecule has 0 spiro atoms. The van der Waals surface area contributed by atoms with Crippen molar-refractivity contribution in [1.82, 2.24) is 20.2 Å². The van der Waals surface area contributed by atoms with E-state index in [9.17, 15) is 4.79 Å². The quantitative estimate of drug-likeness (QED) is 0.795. The van der Waals surface area contributed by atoms with Crippen LogP contribution >= 0.6 is 0 Å². The minimum atomic E-state index is -0.134. The van der Waals surface area contributed by atoms with Crippen molar-refractivity contribution < 1.29 is 9.53 Å². The van der Waals surface area contributed by atoms with Gasteiger partial charge in [-0.2, -0.15) is 4.68 Å². The van der Waals surface area contributed by atoms with Crippen molar-refractivity contribution in [1.29, 1.82) is 0 Å². The summed E-state index contributed by atoms with van der Waals surface area (Å²) in [6.07, 6.45) is 4.09. The van der Waals surface area contributed by atoms with Crippen LogP contribution in [0, 0.1) is 5.92 Å². The molecule has 1 fully saturated rings. The molecule has 20 heavy (non-hydrogen) atoms. The third kappa shape index (κ3) is 2.68. The highest BCUT2D eigenvalue weighted by Crippen LogP contribution is 2.26. The molecule has 1 aliphatic rings. The van der Waals surface area contributed by atoms with Gasteiger partial charge in [-0.25, -0.2) is 0 Å². The molecule has 1 aromatic carbocycles. The number of rotatable bonds is 4. The molecule has 0 bridgehead atoms. The number of para-hydroxylation sites is 1. The van der Waals surface area contributed by atoms with E-state index in [2.05, 4.69) is 15.5 Å². The number of hydrogen-bond donors (Lipinski definition) is 0. The number of hydrogen-bond acceptors (Lipinski definition) is 5. The summed E-state index contributed by atoms with van der Waals surface area (Å²) in [6.45, 7) is 0.108. The highest BCUT2D eigenvalue weighted by molar-refractivity contribution is 5.72. The van der Waals surface area contributed by atoms with E-state index in [4.69, 9.17) is 4.74 Å². The van der Waals surface area contributed by atoms with E-state index in [1.807, 2.05) is 30.3 Å². The molecular weight excluding hydrogens is 256 g/mol. The zero-order valence-corrected chi connectivity index (χ0v) is 11.1. The Morgan fingerprint density at radius 3 is 2.75 bits per heavy atom. The van der Waals surface area contributed by atoms with Gasteiger partial charge in [0.1, 0.15) is 0 Å². The van der Waals surface area contributed by atoms with Crippen LogP contribution in [-0.4, -0.2) is 26.2 Å². The molecule has 0 radical (unpaired) electrons. The van der Waals surface area contributed by atoms with Crippen LogP contribution in [0.5, 0.6) is 0 Å². The van der Waals surface area contributed by atoms with E-state index in [1.165, 1.54) is 0 Å². The number of carbonyl (C=O) groups excluding carboxylic acids is 1. The van der Waals surface area contributed by atoms with E-state index in [1.54, 1.807) is 4.68 Å². The monoisotopic (exact) mass is 272 g/mol. The van der Waals surface area contributed by atoms with Crippen LogP contribution in [0.2, 0.25) is 0 Å². The molecule has 1 saturated carbocycles. The van der Waals surface area contributed by atoms with Gasteiger partial charge in [-0.3, -0.25) is 4.79 Å². The maximum absolute atomic E-state index is 11.9. The first kappa shape index (κ1) is 12.8. The lowest BCUT2D eigenvalue weighted by molar-refractivity contribution is -0.149. The van der Waals surface area contributed by atoms with E-state index >= 15 is 0 Å². The number of aromatic nitrogens is 4. The minimum absolute atomic E-state index is 0.0519. The molecule has 1 heterocycles. The zero-order chi connectivity index (χ0) is 13.8. The van der Waals surface area contributed by atoms with Crippen LogP contribution in [0.4, 0.5) is 0 Å². The second-order valence-electron chi connectivity index (χ2n) is 4.93. The Balaban J connectivity index is 1.66. The predicted molar refractivity (Wildman–Crippen MR) is 70.9 cm³/mol. The lowest BCUT2D eigenvalue weighted by Crippen LogP contribution is -2.16. The van der Waals surface area contributed by atoms with E-state index in [0.717, 1.165) is 31.4 Å². The van der Waals surface area contributed by atoms with Crippen molar-refractivity contribution in [2.45, 2.75) is 32.3 Å². The van der Waals surface area contributed by atoms with E-state index < -0.39 is 0 Å². The molecular formula is C14H16N4O2. The topological polar surface area (TPSA) is 69.9 Å². The van der Waals surface area contributed by atoms with Gasteiger partial charge >= 0.3 is 5.97 Å². The van der Waals surface area contributed by atoms with Crippen molar-refractivity contribution in [3.8, 4) is 5.69 Å². The second-order valence-corrected chi connectivity index (χ2v) is 4.93. The Kier molecular flexibility index (Phi) is 3.71. The summed E-state index contributed by atoms with van der Waals surface area (Å²) in [5, 5.41) is 11.5. The fraction of sp³-hybridized carbons (Fsp3) is 0.429. The Bertz CT molecular complexity index is 576. The normalized spacial score (nSPS) is 15.4. The van der Waals surface area contributed by atoms with Crippen molar-refractivity contribution in [2.24, 2.45) is 5.92 Å². The van der Waals surface area contributed by atoms with Gasteiger partial charge < -0.3 is 4.74 Å². The first-order valence-corrected chi connectivity index (χ1v) is 6.84. The van der Waals surface area contributed by atoms with E-state index in [0.29, 0.717) is 5.82 Å². The summed E-state index contributed by atoms with van der Waals surface area (Å²) in [5.41, 5.74) is 0.851. The molecule has 6 nitrogen and oxygen atoms in total. The summed E-state index contributed by atoms with van der Waals surface area (Å²) in [4.78, 5) is 11.9. The molecule has 1 aromatic heterocycles. The number of esters is 1. The molecule has 2 aromatic rings. The highest BCUT2D eigenvalue weighted by Gasteiger charge is 2.24. The fourth-order valence-electron chi connectivity index (χ4n) is 2.48. The van der Waals surface area contributed by atoms with Crippen LogP contribution < -0.4 is 0 Å². The Morgan fingerprint density at radius 1 is 1.25 bits per heavy atom. The number of benzene rings is 1. The van der Waals surface area contributed by atoms with Crippen LogP contribution in [0.25, 0.3) is 5.69 Å². The summed E-state index contributed by atoms with van der Waals surface area (Å²) < 4.78 is 6.92. The van der Waals surface area contributed by atoms with Gasteiger partial charge in [0.15, 0.2) is 12.4 Å². The Morgan fingerprint density at radius 2 is 2.00 bits per heavy atom. The zero-order valence-electron chi connectivity index (χ0n) is 11.1. The van der Waals surface area contributed by atoms with Gasteiger partial charge in [-0.05, 0) is 35.4 Å². The largest absolute Gasteiger partial charge is 0.457 e. The Labute approximate surface area is 116 Å². The highest BCUT2D eigenvalue weighted by atomic mass is 16.5. The molecule has 0 atom stereocenters. The number of tetrazole rings is 1. The SMILES string of the molecule is O=C(OCc1nnnn1-c1ccccc1)C1CCCC1. The number of carbonyl (C=O) groups is 1. The van der Waals surface area contributed by atoms with E-state index in [-0.39, 0.29) is 18.5 Å². The van der Waals surface area contributed by atoms with Gasteiger partial charge in [0.2, 0.25) is 0 Å². The first-order valence-electron chi connectivity index (χ1n) is 6.84. The second kappa shape index (κ2) is 5.81. The molecule has 3 rings (SSSR count). The van der Waals surface area contributed by atoms with Gasteiger partial charge in [0.05, 0.1) is 11.6 Å².